The lowest BCUT2D eigenvalue weighted by molar-refractivity contribution is 0.919. The summed E-state index contributed by atoms with van der Waals surface area (Å²) in [7, 11) is 0. The summed E-state index contributed by atoms with van der Waals surface area (Å²) in [5.41, 5.74) is 8.43. The van der Waals surface area contributed by atoms with Crippen molar-refractivity contribution in [1.29, 1.82) is 0 Å². The molecule has 4 nitrogen and oxygen atoms in total. The van der Waals surface area contributed by atoms with Crippen molar-refractivity contribution in [1.82, 2.24) is 9.97 Å². The summed E-state index contributed by atoms with van der Waals surface area (Å²) in [6.07, 6.45) is 3.07. The SMILES string of the molecule is CCCc1ccccc1C(C)=NNc1nc(C)cc(CC)n1. The Kier molecular flexibility index (Phi) is 5.64. The molecule has 0 bridgehead atoms. The van der Waals surface area contributed by atoms with E-state index in [1.807, 2.05) is 26.0 Å². The zero-order valence-electron chi connectivity index (χ0n) is 13.8. The fraction of sp³-hybridized carbons (Fsp3) is 0.389. The Hall–Kier alpha value is -2.23. The molecule has 0 aliphatic heterocycles. The molecule has 2 rings (SSSR count). The third-order valence-corrected chi connectivity index (χ3v) is 3.52. The molecule has 1 aromatic heterocycles. The maximum atomic E-state index is 4.47. The van der Waals surface area contributed by atoms with Crippen molar-refractivity contribution in [2.45, 2.75) is 47.0 Å². The van der Waals surface area contributed by atoms with Gasteiger partial charge in [-0.3, -0.25) is 0 Å². The number of nitrogens with zero attached hydrogens (tertiary/aromatic N) is 3. The minimum Gasteiger partial charge on any atom is -0.245 e. The van der Waals surface area contributed by atoms with Crippen LogP contribution in [0.25, 0.3) is 0 Å². The van der Waals surface area contributed by atoms with Gasteiger partial charge in [0.05, 0.1) is 5.71 Å². The van der Waals surface area contributed by atoms with Gasteiger partial charge in [0.2, 0.25) is 5.95 Å². The van der Waals surface area contributed by atoms with E-state index >= 15 is 0 Å². The molecule has 0 fully saturated rings. The molecule has 0 radical (unpaired) electrons. The van der Waals surface area contributed by atoms with Crippen molar-refractivity contribution >= 4 is 11.7 Å². The van der Waals surface area contributed by atoms with E-state index in [4.69, 9.17) is 0 Å². The number of aryl methyl sites for hydroxylation is 3. The highest BCUT2D eigenvalue weighted by Gasteiger charge is 2.05. The van der Waals surface area contributed by atoms with E-state index in [0.717, 1.165) is 36.4 Å². The Bertz CT molecular complexity index is 662. The Morgan fingerprint density at radius 3 is 2.68 bits per heavy atom. The number of benzene rings is 1. The predicted octanol–water partition coefficient (Wildman–Crippen LogP) is 4.14. The van der Waals surface area contributed by atoms with Gasteiger partial charge in [0.15, 0.2) is 0 Å². The van der Waals surface area contributed by atoms with Gasteiger partial charge in [-0.2, -0.15) is 5.10 Å². The standard InChI is InChI=1S/C18H24N4/c1-5-9-15-10-7-8-11-17(15)14(4)21-22-18-19-13(3)12-16(6-2)20-18/h7-8,10-12H,5-6,9H2,1-4H3,(H,19,20,22). The first-order valence-corrected chi connectivity index (χ1v) is 7.87. The van der Waals surface area contributed by atoms with Gasteiger partial charge in [0.1, 0.15) is 0 Å². The fourth-order valence-corrected chi connectivity index (χ4v) is 2.42. The molecule has 0 amide bonds. The fourth-order valence-electron chi connectivity index (χ4n) is 2.42. The van der Waals surface area contributed by atoms with Gasteiger partial charge in [-0.05, 0) is 38.3 Å². The van der Waals surface area contributed by atoms with Crippen molar-refractivity contribution in [3.63, 3.8) is 0 Å². The van der Waals surface area contributed by atoms with E-state index in [2.05, 4.69) is 52.5 Å². The van der Waals surface area contributed by atoms with Crippen LogP contribution in [0, 0.1) is 6.92 Å². The molecule has 1 aromatic carbocycles. The number of aromatic nitrogens is 2. The smallest absolute Gasteiger partial charge is 0.243 e. The zero-order chi connectivity index (χ0) is 15.9. The van der Waals surface area contributed by atoms with Gasteiger partial charge in [-0.25, -0.2) is 15.4 Å². The van der Waals surface area contributed by atoms with E-state index in [0.29, 0.717) is 5.95 Å². The first-order valence-electron chi connectivity index (χ1n) is 7.87. The van der Waals surface area contributed by atoms with Crippen molar-refractivity contribution in [3.05, 3.63) is 52.8 Å². The summed E-state index contributed by atoms with van der Waals surface area (Å²) in [4.78, 5) is 8.82. The van der Waals surface area contributed by atoms with Crippen LogP contribution < -0.4 is 5.43 Å². The molecule has 4 heteroatoms. The van der Waals surface area contributed by atoms with E-state index in [9.17, 15) is 0 Å². The van der Waals surface area contributed by atoms with Crippen molar-refractivity contribution in [2.75, 3.05) is 5.43 Å². The van der Waals surface area contributed by atoms with Crippen LogP contribution in [-0.2, 0) is 12.8 Å². The molecule has 0 spiro atoms. The van der Waals surface area contributed by atoms with E-state index in [1.54, 1.807) is 0 Å². The molecule has 1 heterocycles. The Balaban J connectivity index is 2.21. The second-order valence-electron chi connectivity index (χ2n) is 5.39. The third kappa shape index (κ3) is 4.13. The van der Waals surface area contributed by atoms with Gasteiger partial charge in [-0.15, -0.1) is 0 Å². The molecular weight excluding hydrogens is 272 g/mol. The molecule has 1 N–H and O–H groups in total. The Morgan fingerprint density at radius 1 is 1.18 bits per heavy atom. The second kappa shape index (κ2) is 7.69. The normalized spacial score (nSPS) is 11.5. The summed E-state index contributed by atoms with van der Waals surface area (Å²) < 4.78 is 0. The van der Waals surface area contributed by atoms with Crippen LogP contribution in [0.2, 0.25) is 0 Å². The number of hydrazone groups is 1. The van der Waals surface area contributed by atoms with Gasteiger partial charge >= 0.3 is 0 Å². The molecule has 0 atom stereocenters. The number of nitrogens with one attached hydrogen (secondary N) is 1. The lowest BCUT2D eigenvalue weighted by Gasteiger charge is -2.09. The predicted molar refractivity (Wildman–Crippen MR) is 92.4 cm³/mol. The highest BCUT2D eigenvalue weighted by Crippen LogP contribution is 2.13. The summed E-state index contributed by atoms with van der Waals surface area (Å²) in [6.45, 7) is 8.26. The van der Waals surface area contributed by atoms with E-state index in [1.165, 1.54) is 11.1 Å². The molecule has 0 aliphatic carbocycles. The summed E-state index contributed by atoms with van der Waals surface area (Å²) in [5.74, 6) is 0.559. The highest BCUT2D eigenvalue weighted by molar-refractivity contribution is 6.00. The average molecular weight is 296 g/mol. The van der Waals surface area contributed by atoms with Crippen molar-refractivity contribution in [2.24, 2.45) is 5.10 Å². The first kappa shape index (κ1) is 16.1. The second-order valence-corrected chi connectivity index (χ2v) is 5.39. The van der Waals surface area contributed by atoms with Crippen LogP contribution in [0.3, 0.4) is 0 Å². The number of anilines is 1. The lowest BCUT2D eigenvalue weighted by atomic mass is 10.0. The minimum absolute atomic E-state index is 0.559. The monoisotopic (exact) mass is 296 g/mol. The summed E-state index contributed by atoms with van der Waals surface area (Å²) in [6, 6.07) is 10.4. The quantitative estimate of drug-likeness (QED) is 0.644. The summed E-state index contributed by atoms with van der Waals surface area (Å²) >= 11 is 0. The molecule has 0 saturated carbocycles. The van der Waals surface area contributed by atoms with E-state index in [-0.39, 0.29) is 0 Å². The topological polar surface area (TPSA) is 50.2 Å². The highest BCUT2D eigenvalue weighted by atomic mass is 15.4. The van der Waals surface area contributed by atoms with Crippen LogP contribution in [0.4, 0.5) is 5.95 Å². The van der Waals surface area contributed by atoms with Gasteiger partial charge in [-0.1, -0.05) is 44.5 Å². The van der Waals surface area contributed by atoms with Crippen molar-refractivity contribution < 1.29 is 0 Å². The lowest BCUT2D eigenvalue weighted by Crippen LogP contribution is -2.06. The third-order valence-electron chi connectivity index (χ3n) is 3.52. The Morgan fingerprint density at radius 2 is 1.95 bits per heavy atom. The van der Waals surface area contributed by atoms with Gasteiger partial charge in [0.25, 0.3) is 0 Å². The van der Waals surface area contributed by atoms with Crippen molar-refractivity contribution in [3.8, 4) is 0 Å². The molecule has 0 unspecified atom stereocenters. The van der Waals surface area contributed by atoms with Gasteiger partial charge < -0.3 is 0 Å². The molecule has 116 valence electrons. The number of rotatable bonds is 6. The number of hydrogen-bond donors (Lipinski definition) is 1. The molecule has 2 aromatic rings. The van der Waals surface area contributed by atoms with E-state index < -0.39 is 0 Å². The largest absolute Gasteiger partial charge is 0.245 e. The first-order chi connectivity index (χ1) is 10.6. The van der Waals surface area contributed by atoms with Crippen LogP contribution in [0.15, 0.2) is 35.4 Å². The molecule has 22 heavy (non-hydrogen) atoms. The van der Waals surface area contributed by atoms with Crippen LogP contribution in [-0.4, -0.2) is 15.7 Å². The number of hydrogen-bond acceptors (Lipinski definition) is 4. The molecular formula is C18H24N4. The molecule has 0 saturated heterocycles. The molecule has 0 aliphatic rings. The summed E-state index contributed by atoms with van der Waals surface area (Å²) in [5, 5.41) is 4.47. The van der Waals surface area contributed by atoms with Crippen LogP contribution in [0.1, 0.15) is 49.7 Å². The van der Waals surface area contributed by atoms with Crippen LogP contribution >= 0.6 is 0 Å². The Labute approximate surface area is 132 Å². The maximum Gasteiger partial charge on any atom is 0.243 e. The zero-order valence-corrected chi connectivity index (χ0v) is 13.8. The van der Waals surface area contributed by atoms with Gasteiger partial charge in [0, 0.05) is 17.0 Å². The van der Waals surface area contributed by atoms with Crippen LogP contribution in [0.5, 0.6) is 0 Å². The minimum atomic E-state index is 0.559. The maximum absolute atomic E-state index is 4.47. The average Bonchev–Trinajstić information content (AvgIpc) is 2.53.